The minimum atomic E-state index is -0.573. The van der Waals surface area contributed by atoms with E-state index in [0.29, 0.717) is 56.4 Å². The maximum atomic E-state index is 12.7. The zero-order chi connectivity index (χ0) is 22.6. The predicted octanol–water partition coefficient (Wildman–Crippen LogP) is 3.09. The van der Waals surface area contributed by atoms with Gasteiger partial charge in [0.2, 0.25) is 0 Å². The second-order valence-electron chi connectivity index (χ2n) is 8.31. The number of nitrogens with one attached hydrogen (secondary N) is 1. The van der Waals surface area contributed by atoms with Gasteiger partial charge in [-0.1, -0.05) is 0 Å². The van der Waals surface area contributed by atoms with Gasteiger partial charge < -0.3 is 29.0 Å². The molecular formula is C22H32N4O5. The Morgan fingerprint density at radius 3 is 2.52 bits per heavy atom. The Kier molecular flexibility index (Phi) is 7.04. The van der Waals surface area contributed by atoms with Crippen molar-refractivity contribution in [1.82, 2.24) is 14.9 Å². The van der Waals surface area contributed by atoms with Gasteiger partial charge in [0.1, 0.15) is 11.4 Å². The van der Waals surface area contributed by atoms with Crippen LogP contribution < -0.4 is 10.2 Å². The third kappa shape index (κ3) is 5.46. The lowest BCUT2D eigenvalue weighted by Crippen LogP contribution is -2.37. The molecule has 1 aromatic heterocycles. The fourth-order valence-corrected chi connectivity index (χ4v) is 3.60. The molecule has 1 aromatic carbocycles. The van der Waals surface area contributed by atoms with Crippen LogP contribution in [-0.4, -0.2) is 60.1 Å². The van der Waals surface area contributed by atoms with Gasteiger partial charge in [-0.2, -0.15) is 0 Å². The highest BCUT2D eigenvalue weighted by Crippen LogP contribution is 2.29. The Bertz CT molecular complexity index is 942. The van der Waals surface area contributed by atoms with E-state index in [1.54, 1.807) is 13.0 Å². The summed E-state index contributed by atoms with van der Waals surface area (Å²) in [5, 5.41) is 2.76. The molecule has 0 bridgehead atoms. The predicted molar refractivity (Wildman–Crippen MR) is 117 cm³/mol. The van der Waals surface area contributed by atoms with E-state index in [-0.39, 0.29) is 12.5 Å². The van der Waals surface area contributed by atoms with E-state index in [9.17, 15) is 9.59 Å². The minimum Gasteiger partial charge on any atom is -0.462 e. The summed E-state index contributed by atoms with van der Waals surface area (Å²) in [5.41, 5.74) is 2.32. The van der Waals surface area contributed by atoms with Gasteiger partial charge in [0.15, 0.2) is 0 Å². The Morgan fingerprint density at radius 1 is 1.19 bits per heavy atom. The van der Waals surface area contributed by atoms with E-state index in [4.69, 9.17) is 14.2 Å². The standard InChI is InChI=1S/C22H32N4O5/c1-6-26-18-13-17(25-8-10-29-11-9-25)15(20(27)30-7-2)12-16(18)24-19(26)14-23-21(28)31-22(3,4)5/h12-13H,6-11,14H2,1-5H3,(H,23,28). The zero-order valence-corrected chi connectivity index (χ0v) is 19.0. The van der Waals surface area contributed by atoms with Crippen LogP contribution in [0.4, 0.5) is 10.5 Å². The highest BCUT2D eigenvalue weighted by molar-refractivity contribution is 6.00. The summed E-state index contributed by atoms with van der Waals surface area (Å²) in [6.07, 6.45) is -0.497. The molecule has 1 aliphatic heterocycles. The molecule has 9 nitrogen and oxygen atoms in total. The van der Waals surface area contributed by atoms with Crippen LogP contribution in [0.3, 0.4) is 0 Å². The normalized spacial score (nSPS) is 14.5. The van der Waals surface area contributed by atoms with Crippen molar-refractivity contribution in [2.75, 3.05) is 37.8 Å². The van der Waals surface area contributed by atoms with E-state index in [1.807, 2.05) is 38.3 Å². The van der Waals surface area contributed by atoms with Crippen molar-refractivity contribution in [3.8, 4) is 0 Å². The molecule has 0 atom stereocenters. The van der Waals surface area contributed by atoms with Crippen LogP contribution in [0.15, 0.2) is 12.1 Å². The molecule has 0 saturated carbocycles. The number of esters is 1. The third-order valence-electron chi connectivity index (χ3n) is 4.90. The number of alkyl carbamates (subject to hydrolysis) is 1. The van der Waals surface area contributed by atoms with Gasteiger partial charge in [-0.3, -0.25) is 0 Å². The van der Waals surface area contributed by atoms with E-state index >= 15 is 0 Å². The number of amides is 1. The second kappa shape index (κ2) is 9.55. The fraction of sp³-hybridized carbons (Fsp3) is 0.591. The summed E-state index contributed by atoms with van der Waals surface area (Å²) in [7, 11) is 0. The van der Waals surface area contributed by atoms with E-state index in [0.717, 1.165) is 11.2 Å². The first-order valence-electron chi connectivity index (χ1n) is 10.7. The second-order valence-corrected chi connectivity index (χ2v) is 8.31. The number of rotatable bonds is 6. The minimum absolute atomic E-state index is 0.221. The van der Waals surface area contributed by atoms with Gasteiger partial charge in [0.25, 0.3) is 0 Å². The number of carbonyl (C=O) groups is 2. The number of hydrogen-bond donors (Lipinski definition) is 1. The quantitative estimate of drug-likeness (QED) is 0.701. The number of anilines is 1. The van der Waals surface area contributed by atoms with Gasteiger partial charge in [-0.15, -0.1) is 0 Å². The average molecular weight is 433 g/mol. The summed E-state index contributed by atoms with van der Waals surface area (Å²) >= 11 is 0. The Labute approximate surface area is 182 Å². The van der Waals surface area contributed by atoms with Crippen molar-refractivity contribution < 1.29 is 23.8 Å². The lowest BCUT2D eigenvalue weighted by Gasteiger charge is -2.30. The first-order valence-corrected chi connectivity index (χ1v) is 10.7. The monoisotopic (exact) mass is 432 g/mol. The molecule has 0 aliphatic carbocycles. The number of aromatic nitrogens is 2. The van der Waals surface area contributed by atoms with Crippen molar-refractivity contribution in [2.24, 2.45) is 0 Å². The summed E-state index contributed by atoms with van der Waals surface area (Å²) < 4.78 is 18.1. The molecule has 1 aliphatic rings. The van der Waals surface area contributed by atoms with E-state index in [1.165, 1.54) is 0 Å². The van der Waals surface area contributed by atoms with Crippen LogP contribution in [0.25, 0.3) is 11.0 Å². The van der Waals surface area contributed by atoms with Gasteiger partial charge in [0.05, 0.1) is 48.6 Å². The number of ether oxygens (including phenoxy) is 3. The first kappa shape index (κ1) is 22.9. The third-order valence-corrected chi connectivity index (χ3v) is 4.90. The molecule has 1 saturated heterocycles. The maximum Gasteiger partial charge on any atom is 0.408 e. The number of benzene rings is 1. The van der Waals surface area contributed by atoms with Crippen LogP contribution in [0, 0.1) is 0 Å². The van der Waals surface area contributed by atoms with Crippen molar-refractivity contribution in [3.05, 3.63) is 23.5 Å². The molecule has 1 amide bonds. The number of aryl methyl sites for hydroxylation is 1. The molecular weight excluding hydrogens is 400 g/mol. The van der Waals surface area contributed by atoms with Gasteiger partial charge >= 0.3 is 12.1 Å². The SMILES string of the molecule is CCOC(=O)c1cc2nc(CNC(=O)OC(C)(C)C)n(CC)c2cc1N1CCOCC1. The molecule has 9 heteroatoms. The average Bonchev–Trinajstić information content (AvgIpc) is 3.07. The molecule has 0 unspecified atom stereocenters. The molecule has 2 aromatic rings. The van der Waals surface area contributed by atoms with Crippen molar-refractivity contribution >= 4 is 28.8 Å². The lowest BCUT2D eigenvalue weighted by molar-refractivity contribution is 0.0513. The first-order chi connectivity index (χ1) is 14.7. The summed E-state index contributed by atoms with van der Waals surface area (Å²) in [5.74, 6) is 0.322. The number of carbonyl (C=O) groups excluding carboxylic acids is 2. The van der Waals surface area contributed by atoms with Gasteiger partial charge in [-0.25, -0.2) is 14.6 Å². The van der Waals surface area contributed by atoms with E-state index in [2.05, 4.69) is 15.2 Å². The highest BCUT2D eigenvalue weighted by atomic mass is 16.6. The van der Waals surface area contributed by atoms with Crippen LogP contribution in [-0.2, 0) is 27.3 Å². The summed E-state index contributed by atoms with van der Waals surface area (Å²) in [6, 6.07) is 3.77. The number of hydrogen-bond acceptors (Lipinski definition) is 7. The molecule has 31 heavy (non-hydrogen) atoms. The molecule has 2 heterocycles. The van der Waals surface area contributed by atoms with Crippen LogP contribution >= 0.6 is 0 Å². The molecule has 170 valence electrons. The topological polar surface area (TPSA) is 94.9 Å². The molecule has 0 radical (unpaired) electrons. The largest absolute Gasteiger partial charge is 0.462 e. The number of morpholine rings is 1. The number of imidazole rings is 1. The number of fused-ring (bicyclic) bond motifs is 1. The summed E-state index contributed by atoms with van der Waals surface area (Å²) in [6.45, 7) is 13.1. The van der Waals surface area contributed by atoms with Crippen molar-refractivity contribution in [2.45, 2.75) is 53.3 Å². The highest BCUT2D eigenvalue weighted by Gasteiger charge is 2.23. The number of nitrogens with zero attached hydrogens (tertiary/aromatic N) is 3. The maximum absolute atomic E-state index is 12.7. The van der Waals surface area contributed by atoms with Crippen LogP contribution in [0.1, 0.15) is 50.8 Å². The Balaban J connectivity index is 1.97. The Morgan fingerprint density at radius 2 is 1.90 bits per heavy atom. The van der Waals surface area contributed by atoms with E-state index < -0.39 is 11.7 Å². The Hall–Kier alpha value is -2.81. The van der Waals surface area contributed by atoms with Crippen LogP contribution in [0.5, 0.6) is 0 Å². The zero-order valence-electron chi connectivity index (χ0n) is 19.0. The molecule has 0 spiro atoms. The van der Waals surface area contributed by atoms with Crippen molar-refractivity contribution in [1.29, 1.82) is 0 Å². The fourth-order valence-electron chi connectivity index (χ4n) is 3.60. The lowest BCUT2D eigenvalue weighted by atomic mass is 10.1. The smallest absolute Gasteiger partial charge is 0.408 e. The van der Waals surface area contributed by atoms with Gasteiger partial charge in [0, 0.05) is 19.6 Å². The molecule has 1 N–H and O–H groups in total. The van der Waals surface area contributed by atoms with Crippen molar-refractivity contribution in [3.63, 3.8) is 0 Å². The van der Waals surface area contributed by atoms with Crippen LogP contribution in [0.2, 0.25) is 0 Å². The van der Waals surface area contributed by atoms with Gasteiger partial charge in [-0.05, 0) is 46.8 Å². The molecule has 3 rings (SSSR count). The summed E-state index contributed by atoms with van der Waals surface area (Å²) in [4.78, 5) is 31.6. The molecule has 1 fully saturated rings.